The molecule has 136 valence electrons. The van der Waals surface area contributed by atoms with Gasteiger partial charge in [-0.1, -0.05) is 0 Å². The topological polar surface area (TPSA) is 79.7 Å². The number of likely N-dealkylation sites (tertiary alicyclic amines) is 1. The van der Waals surface area contributed by atoms with Gasteiger partial charge in [0.2, 0.25) is 0 Å². The molecular formula is C19H24N6O. The summed E-state index contributed by atoms with van der Waals surface area (Å²) in [6.07, 6.45) is 8.86. The molecule has 0 aromatic carbocycles. The van der Waals surface area contributed by atoms with E-state index in [1.54, 1.807) is 6.20 Å². The van der Waals surface area contributed by atoms with E-state index in [0.717, 1.165) is 61.6 Å². The number of rotatable bonds is 4. The Kier molecular flexibility index (Phi) is 3.11. The molecule has 0 spiro atoms. The second kappa shape index (κ2) is 5.41. The van der Waals surface area contributed by atoms with E-state index in [-0.39, 0.29) is 5.91 Å². The summed E-state index contributed by atoms with van der Waals surface area (Å²) < 4.78 is 2.11. The number of aromatic amines is 1. The fraction of sp³-hybridized carbons (Fsp3) is 0.684. The SMILES string of the molecule is O=C(c1cnc2n1CCC2)N1C[C@H](c2nc(C3CC3)n[nH]2)[C@@H](C2CC2)C1. The van der Waals surface area contributed by atoms with Crippen molar-refractivity contribution in [1.29, 1.82) is 0 Å². The van der Waals surface area contributed by atoms with Gasteiger partial charge in [-0.3, -0.25) is 9.89 Å². The van der Waals surface area contributed by atoms with Crippen LogP contribution in [0.15, 0.2) is 6.20 Å². The Labute approximate surface area is 152 Å². The molecule has 0 radical (unpaired) electrons. The van der Waals surface area contributed by atoms with Gasteiger partial charge >= 0.3 is 0 Å². The number of hydrogen-bond donors (Lipinski definition) is 1. The van der Waals surface area contributed by atoms with E-state index in [2.05, 4.69) is 19.7 Å². The Morgan fingerprint density at radius 3 is 2.88 bits per heavy atom. The molecule has 1 amide bonds. The number of carbonyl (C=O) groups is 1. The summed E-state index contributed by atoms with van der Waals surface area (Å²) in [5, 5.41) is 7.65. The molecule has 0 bridgehead atoms. The first kappa shape index (κ1) is 14.9. The van der Waals surface area contributed by atoms with E-state index in [0.29, 0.717) is 17.8 Å². The highest BCUT2D eigenvalue weighted by atomic mass is 16.2. The van der Waals surface area contributed by atoms with Crippen LogP contribution in [0.25, 0.3) is 0 Å². The van der Waals surface area contributed by atoms with E-state index >= 15 is 0 Å². The molecule has 6 rings (SSSR count). The highest BCUT2D eigenvalue weighted by molar-refractivity contribution is 5.93. The van der Waals surface area contributed by atoms with Crippen LogP contribution in [-0.2, 0) is 13.0 Å². The molecule has 2 aromatic heterocycles. The Morgan fingerprint density at radius 1 is 1.19 bits per heavy atom. The first-order valence-electron chi connectivity index (χ1n) is 10.0. The van der Waals surface area contributed by atoms with Crippen molar-refractivity contribution in [2.75, 3.05) is 13.1 Å². The van der Waals surface area contributed by atoms with E-state index in [1.807, 2.05) is 4.90 Å². The monoisotopic (exact) mass is 352 g/mol. The molecule has 26 heavy (non-hydrogen) atoms. The highest BCUT2D eigenvalue weighted by Gasteiger charge is 2.46. The number of H-pyrrole nitrogens is 1. The molecule has 2 aromatic rings. The summed E-state index contributed by atoms with van der Waals surface area (Å²) in [6.45, 7) is 2.51. The van der Waals surface area contributed by atoms with E-state index in [4.69, 9.17) is 4.98 Å². The number of hydrogen-bond acceptors (Lipinski definition) is 4. The van der Waals surface area contributed by atoms with Crippen LogP contribution in [0.4, 0.5) is 0 Å². The van der Waals surface area contributed by atoms with Crippen molar-refractivity contribution in [1.82, 2.24) is 29.6 Å². The summed E-state index contributed by atoms with van der Waals surface area (Å²) in [4.78, 5) is 24.5. The zero-order chi connectivity index (χ0) is 17.3. The molecule has 1 saturated heterocycles. The van der Waals surface area contributed by atoms with Crippen LogP contribution in [0.2, 0.25) is 0 Å². The van der Waals surface area contributed by atoms with Crippen LogP contribution in [0.5, 0.6) is 0 Å². The van der Waals surface area contributed by atoms with Crippen molar-refractivity contribution in [2.24, 2.45) is 11.8 Å². The maximum absolute atomic E-state index is 13.2. The quantitative estimate of drug-likeness (QED) is 0.914. The predicted molar refractivity (Wildman–Crippen MR) is 93.8 cm³/mol. The number of fused-ring (bicyclic) bond motifs is 1. The maximum Gasteiger partial charge on any atom is 0.272 e. The van der Waals surface area contributed by atoms with Crippen LogP contribution in [0.1, 0.15) is 71.9 Å². The molecule has 7 nitrogen and oxygen atoms in total. The van der Waals surface area contributed by atoms with Crippen molar-refractivity contribution >= 4 is 5.91 Å². The lowest BCUT2D eigenvalue weighted by Gasteiger charge is -2.16. The molecule has 4 aliphatic rings. The van der Waals surface area contributed by atoms with Gasteiger partial charge < -0.3 is 9.47 Å². The lowest BCUT2D eigenvalue weighted by molar-refractivity contribution is 0.0774. The largest absolute Gasteiger partial charge is 0.336 e. The Bertz CT molecular complexity index is 861. The van der Waals surface area contributed by atoms with Gasteiger partial charge in [0.25, 0.3) is 5.91 Å². The second-order valence-corrected chi connectivity index (χ2v) is 8.49. The average Bonchev–Trinajstić information content (AvgIpc) is 3.45. The molecule has 2 saturated carbocycles. The molecule has 2 atom stereocenters. The van der Waals surface area contributed by atoms with Crippen LogP contribution >= 0.6 is 0 Å². The van der Waals surface area contributed by atoms with Crippen molar-refractivity contribution in [3.8, 4) is 0 Å². The van der Waals surface area contributed by atoms with Gasteiger partial charge in [0.1, 0.15) is 17.3 Å². The third-order valence-electron chi connectivity index (χ3n) is 6.63. The molecule has 1 N–H and O–H groups in total. The molecule has 4 heterocycles. The van der Waals surface area contributed by atoms with Gasteiger partial charge in [0.15, 0.2) is 5.82 Å². The third-order valence-corrected chi connectivity index (χ3v) is 6.63. The molecular weight excluding hydrogens is 328 g/mol. The van der Waals surface area contributed by atoms with Crippen molar-refractivity contribution in [2.45, 2.75) is 56.9 Å². The number of aryl methyl sites for hydroxylation is 1. The number of carbonyl (C=O) groups excluding carboxylic acids is 1. The Hall–Kier alpha value is -2.18. The lowest BCUT2D eigenvalue weighted by atomic mass is 9.91. The Balaban J connectivity index is 1.27. The zero-order valence-corrected chi connectivity index (χ0v) is 14.9. The Morgan fingerprint density at radius 2 is 2.08 bits per heavy atom. The van der Waals surface area contributed by atoms with Crippen molar-refractivity contribution < 1.29 is 4.79 Å². The molecule has 0 unspecified atom stereocenters. The van der Waals surface area contributed by atoms with Gasteiger partial charge in [-0.05, 0) is 43.9 Å². The number of nitrogens with one attached hydrogen (secondary N) is 1. The highest BCUT2D eigenvalue weighted by Crippen LogP contribution is 2.47. The maximum atomic E-state index is 13.2. The van der Waals surface area contributed by atoms with E-state index < -0.39 is 0 Å². The van der Waals surface area contributed by atoms with Gasteiger partial charge in [-0.15, -0.1) is 0 Å². The summed E-state index contributed by atoms with van der Waals surface area (Å²) in [5.74, 6) is 5.29. The number of imidazole rings is 1. The molecule has 2 aliphatic heterocycles. The first-order valence-corrected chi connectivity index (χ1v) is 10.0. The van der Waals surface area contributed by atoms with Gasteiger partial charge in [-0.25, -0.2) is 9.97 Å². The van der Waals surface area contributed by atoms with Gasteiger partial charge in [0, 0.05) is 37.9 Å². The fourth-order valence-corrected chi connectivity index (χ4v) is 4.86. The van der Waals surface area contributed by atoms with Crippen molar-refractivity contribution in [3.63, 3.8) is 0 Å². The fourth-order valence-electron chi connectivity index (χ4n) is 4.86. The molecule has 3 fully saturated rings. The minimum Gasteiger partial charge on any atom is -0.336 e. The smallest absolute Gasteiger partial charge is 0.272 e. The van der Waals surface area contributed by atoms with Gasteiger partial charge in [-0.2, -0.15) is 5.10 Å². The van der Waals surface area contributed by atoms with Crippen LogP contribution in [0, 0.1) is 11.8 Å². The summed E-state index contributed by atoms with van der Waals surface area (Å²) in [7, 11) is 0. The standard InChI is InChI=1S/C19H24N6O/c26-19(15-8-20-16-2-1-7-25(15)16)24-9-13(11-3-4-11)14(10-24)18-21-17(22-23-18)12-5-6-12/h8,11-14H,1-7,9-10H2,(H,21,22,23)/t13-,14+/m1/s1. The van der Waals surface area contributed by atoms with Crippen molar-refractivity contribution in [3.05, 3.63) is 29.4 Å². The van der Waals surface area contributed by atoms with Crippen LogP contribution < -0.4 is 0 Å². The summed E-state index contributed by atoms with van der Waals surface area (Å²) in [5.41, 5.74) is 0.768. The number of nitrogens with zero attached hydrogens (tertiary/aromatic N) is 5. The second-order valence-electron chi connectivity index (χ2n) is 8.49. The lowest BCUT2D eigenvalue weighted by Crippen LogP contribution is -2.30. The van der Waals surface area contributed by atoms with Gasteiger partial charge in [0.05, 0.1) is 6.20 Å². The summed E-state index contributed by atoms with van der Waals surface area (Å²) in [6, 6.07) is 0. The normalized spacial score (nSPS) is 27.9. The minimum atomic E-state index is 0.140. The average molecular weight is 352 g/mol. The van der Waals surface area contributed by atoms with Crippen LogP contribution in [-0.4, -0.2) is 48.6 Å². The van der Waals surface area contributed by atoms with E-state index in [1.165, 1.54) is 25.7 Å². The predicted octanol–water partition coefficient (Wildman–Crippen LogP) is 2.09. The summed E-state index contributed by atoms with van der Waals surface area (Å²) >= 11 is 0. The number of amides is 1. The van der Waals surface area contributed by atoms with E-state index in [9.17, 15) is 4.79 Å². The van der Waals surface area contributed by atoms with Crippen LogP contribution in [0.3, 0.4) is 0 Å². The number of aromatic nitrogens is 5. The zero-order valence-electron chi connectivity index (χ0n) is 14.9. The molecule has 7 heteroatoms. The molecule has 2 aliphatic carbocycles. The first-order chi connectivity index (χ1) is 12.8. The third kappa shape index (κ3) is 2.32. The minimum absolute atomic E-state index is 0.140.